The number of carbonyl (C=O) groups is 1. The maximum atomic E-state index is 10.6. The van der Waals surface area contributed by atoms with Crippen molar-refractivity contribution in [2.24, 2.45) is 5.10 Å². The van der Waals surface area contributed by atoms with Crippen LogP contribution in [0.2, 0.25) is 0 Å². The fourth-order valence-electron chi connectivity index (χ4n) is 2.05. The standard InChI is InChI=1S/C16H15N5O3S/c1-10(19-16(22)23)13-8-25-15(20-13)7-18-21-12-4-2-11(3-5-12)14-6-17-9-24-14/h2-10,19,21H,1H3,(H,22,23). The second-order valence-corrected chi connectivity index (χ2v) is 5.98. The van der Waals surface area contributed by atoms with E-state index in [4.69, 9.17) is 9.52 Å². The van der Waals surface area contributed by atoms with Crippen LogP contribution in [0.3, 0.4) is 0 Å². The summed E-state index contributed by atoms with van der Waals surface area (Å²) in [5, 5.41) is 17.7. The Kier molecular flexibility index (Phi) is 5.05. The molecule has 0 radical (unpaired) electrons. The summed E-state index contributed by atoms with van der Waals surface area (Å²) in [6.45, 7) is 1.73. The number of rotatable bonds is 6. The van der Waals surface area contributed by atoms with Crippen LogP contribution in [0, 0.1) is 0 Å². The Morgan fingerprint density at radius 1 is 1.40 bits per heavy atom. The summed E-state index contributed by atoms with van der Waals surface area (Å²) in [5.74, 6) is 0.703. The Balaban J connectivity index is 1.58. The van der Waals surface area contributed by atoms with Gasteiger partial charge in [0.1, 0.15) is 5.01 Å². The number of hydrogen-bond donors (Lipinski definition) is 3. The molecule has 9 heteroatoms. The van der Waals surface area contributed by atoms with Crippen molar-refractivity contribution < 1.29 is 14.3 Å². The Hall–Kier alpha value is -3.20. The van der Waals surface area contributed by atoms with Gasteiger partial charge in [0.15, 0.2) is 12.2 Å². The Bertz CT molecular complexity index is 858. The van der Waals surface area contributed by atoms with Crippen LogP contribution >= 0.6 is 11.3 Å². The average molecular weight is 357 g/mol. The number of carboxylic acid groups (broad SMARTS) is 1. The van der Waals surface area contributed by atoms with Crippen LogP contribution in [0.5, 0.6) is 0 Å². The van der Waals surface area contributed by atoms with Gasteiger partial charge in [-0.2, -0.15) is 5.10 Å². The van der Waals surface area contributed by atoms with Gasteiger partial charge in [-0.25, -0.2) is 14.8 Å². The molecule has 0 spiro atoms. The van der Waals surface area contributed by atoms with E-state index < -0.39 is 6.09 Å². The van der Waals surface area contributed by atoms with E-state index in [1.165, 1.54) is 17.7 Å². The molecule has 3 N–H and O–H groups in total. The highest BCUT2D eigenvalue weighted by atomic mass is 32.1. The van der Waals surface area contributed by atoms with Gasteiger partial charge in [0.25, 0.3) is 0 Å². The molecule has 0 saturated carbocycles. The summed E-state index contributed by atoms with van der Waals surface area (Å²) in [5.41, 5.74) is 5.32. The fraction of sp³-hybridized carbons (Fsp3) is 0.125. The van der Waals surface area contributed by atoms with Crippen molar-refractivity contribution >= 4 is 29.3 Å². The average Bonchev–Trinajstić information content (AvgIpc) is 3.27. The van der Waals surface area contributed by atoms with E-state index in [9.17, 15) is 4.79 Å². The summed E-state index contributed by atoms with van der Waals surface area (Å²) in [4.78, 5) is 18.8. The van der Waals surface area contributed by atoms with Crippen molar-refractivity contribution in [3.8, 4) is 11.3 Å². The van der Waals surface area contributed by atoms with Crippen molar-refractivity contribution in [2.75, 3.05) is 5.43 Å². The molecule has 25 heavy (non-hydrogen) atoms. The summed E-state index contributed by atoms with van der Waals surface area (Å²) >= 11 is 1.39. The zero-order valence-electron chi connectivity index (χ0n) is 13.2. The van der Waals surface area contributed by atoms with Crippen molar-refractivity contribution in [2.45, 2.75) is 13.0 Å². The molecule has 8 nitrogen and oxygen atoms in total. The van der Waals surface area contributed by atoms with Gasteiger partial charge in [0.05, 0.1) is 29.8 Å². The number of hydrogen-bond acceptors (Lipinski definition) is 7. The van der Waals surface area contributed by atoms with Gasteiger partial charge >= 0.3 is 6.09 Å². The molecule has 1 amide bonds. The number of thiazole rings is 1. The lowest BCUT2D eigenvalue weighted by Crippen LogP contribution is -2.24. The molecule has 2 aromatic heterocycles. The molecule has 0 aliphatic rings. The first-order valence-electron chi connectivity index (χ1n) is 7.34. The van der Waals surface area contributed by atoms with Crippen LogP contribution in [-0.2, 0) is 0 Å². The molecule has 128 valence electrons. The number of aromatic nitrogens is 2. The molecular weight excluding hydrogens is 342 g/mol. The van der Waals surface area contributed by atoms with Crippen molar-refractivity contribution in [3.63, 3.8) is 0 Å². The zero-order valence-corrected chi connectivity index (χ0v) is 14.0. The third-order valence-electron chi connectivity index (χ3n) is 3.29. The van der Waals surface area contributed by atoms with Gasteiger partial charge in [-0.1, -0.05) is 0 Å². The highest BCUT2D eigenvalue weighted by molar-refractivity contribution is 7.11. The quantitative estimate of drug-likeness (QED) is 0.459. The zero-order chi connectivity index (χ0) is 17.6. The van der Waals surface area contributed by atoms with Crippen LogP contribution in [0.1, 0.15) is 23.7 Å². The number of nitrogens with one attached hydrogen (secondary N) is 2. The first-order chi connectivity index (χ1) is 12.1. The number of benzene rings is 1. The molecule has 2 heterocycles. The van der Waals surface area contributed by atoms with E-state index in [0.717, 1.165) is 11.3 Å². The third-order valence-corrected chi connectivity index (χ3v) is 4.09. The predicted molar refractivity (Wildman–Crippen MR) is 94.8 cm³/mol. The maximum absolute atomic E-state index is 10.6. The highest BCUT2D eigenvalue weighted by Gasteiger charge is 2.11. The van der Waals surface area contributed by atoms with Gasteiger partial charge in [-0.05, 0) is 31.2 Å². The van der Waals surface area contributed by atoms with Gasteiger partial charge in [0, 0.05) is 10.9 Å². The molecule has 3 rings (SSSR count). The van der Waals surface area contributed by atoms with Gasteiger partial charge in [-0.15, -0.1) is 11.3 Å². The normalized spacial score (nSPS) is 12.2. The van der Waals surface area contributed by atoms with Crippen molar-refractivity contribution in [1.29, 1.82) is 0 Å². The SMILES string of the molecule is CC(NC(=O)O)c1csc(C=NNc2ccc(-c3cnco3)cc2)n1. The number of amides is 1. The minimum absolute atomic E-state index is 0.368. The van der Waals surface area contributed by atoms with E-state index in [-0.39, 0.29) is 6.04 Å². The van der Waals surface area contributed by atoms with Crippen molar-refractivity contribution in [1.82, 2.24) is 15.3 Å². The molecule has 1 atom stereocenters. The van der Waals surface area contributed by atoms with Crippen molar-refractivity contribution in [3.05, 3.63) is 52.9 Å². The van der Waals surface area contributed by atoms with Gasteiger partial charge < -0.3 is 14.8 Å². The lowest BCUT2D eigenvalue weighted by molar-refractivity contribution is 0.190. The van der Waals surface area contributed by atoms with Crippen LogP contribution in [0.25, 0.3) is 11.3 Å². The lowest BCUT2D eigenvalue weighted by Gasteiger charge is -2.06. The van der Waals surface area contributed by atoms with E-state index >= 15 is 0 Å². The maximum Gasteiger partial charge on any atom is 0.405 e. The van der Waals surface area contributed by atoms with E-state index in [0.29, 0.717) is 16.5 Å². The minimum Gasteiger partial charge on any atom is -0.465 e. The van der Waals surface area contributed by atoms with Crippen LogP contribution < -0.4 is 10.7 Å². The van der Waals surface area contributed by atoms with E-state index in [1.807, 2.05) is 24.3 Å². The second kappa shape index (κ2) is 7.58. The topological polar surface area (TPSA) is 113 Å². The Labute approximate surface area is 147 Å². The number of hydrazone groups is 1. The first kappa shape index (κ1) is 16.7. The van der Waals surface area contributed by atoms with E-state index in [2.05, 4.69) is 25.8 Å². The molecule has 0 fully saturated rings. The summed E-state index contributed by atoms with van der Waals surface area (Å²) in [6, 6.07) is 7.19. The molecule has 0 saturated heterocycles. The molecule has 0 aliphatic heterocycles. The number of anilines is 1. The molecule has 0 aliphatic carbocycles. The van der Waals surface area contributed by atoms with Crippen LogP contribution in [0.4, 0.5) is 10.5 Å². The monoisotopic (exact) mass is 357 g/mol. The molecular formula is C16H15N5O3S. The Morgan fingerprint density at radius 2 is 2.20 bits per heavy atom. The molecule has 3 aromatic rings. The van der Waals surface area contributed by atoms with Gasteiger partial charge in [0.2, 0.25) is 0 Å². The predicted octanol–water partition coefficient (Wildman–Crippen LogP) is 3.57. The first-order valence-corrected chi connectivity index (χ1v) is 8.22. The largest absolute Gasteiger partial charge is 0.465 e. The number of oxazole rings is 1. The lowest BCUT2D eigenvalue weighted by atomic mass is 10.2. The molecule has 1 aromatic carbocycles. The summed E-state index contributed by atoms with van der Waals surface area (Å²) < 4.78 is 5.23. The fourth-order valence-corrected chi connectivity index (χ4v) is 2.82. The van der Waals surface area contributed by atoms with E-state index in [1.54, 1.807) is 24.7 Å². The van der Waals surface area contributed by atoms with Crippen LogP contribution in [-0.4, -0.2) is 27.4 Å². The van der Waals surface area contributed by atoms with Gasteiger partial charge in [-0.3, -0.25) is 5.43 Å². The summed E-state index contributed by atoms with van der Waals surface area (Å²) in [7, 11) is 0. The number of nitrogens with zero attached hydrogens (tertiary/aromatic N) is 3. The van der Waals surface area contributed by atoms with Crippen LogP contribution in [0.15, 0.2) is 51.8 Å². The minimum atomic E-state index is -1.08. The Morgan fingerprint density at radius 3 is 2.88 bits per heavy atom. The highest BCUT2D eigenvalue weighted by Crippen LogP contribution is 2.20. The second-order valence-electron chi connectivity index (χ2n) is 5.09. The smallest absolute Gasteiger partial charge is 0.405 e. The molecule has 0 bridgehead atoms. The molecule has 1 unspecified atom stereocenters. The third kappa shape index (κ3) is 4.42. The summed E-state index contributed by atoms with van der Waals surface area (Å²) in [6.07, 6.45) is 3.56.